The van der Waals surface area contributed by atoms with Crippen molar-refractivity contribution < 1.29 is 19.4 Å². The van der Waals surface area contributed by atoms with Crippen molar-refractivity contribution >= 4 is 34.4 Å². The summed E-state index contributed by atoms with van der Waals surface area (Å²) in [6.07, 6.45) is 2.23. The van der Waals surface area contributed by atoms with Gasteiger partial charge in [-0.1, -0.05) is 17.7 Å². The van der Waals surface area contributed by atoms with E-state index < -0.39 is 18.1 Å². The third-order valence-corrected chi connectivity index (χ3v) is 5.43. The monoisotopic (exact) mass is 518 g/mol. The Labute approximate surface area is 215 Å². The van der Waals surface area contributed by atoms with E-state index >= 15 is 0 Å². The van der Waals surface area contributed by atoms with Gasteiger partial charge in [-0.05, 0) is 31.2 Å². The van der Waals surface area contributed by atoms with E-state index in [-0.39, 0.29) is 30.5 Å². The van der Waals surface area contributed by atoms with E-state index in [2.05, 4.69) is 31.4 Å². The van der Waals surface area contributed by atoms with E-state index in [1.807, 2.05) is 6.07 Å². The molecule has 0 saturated heterocycles. The van der Waals surface area contributed by atoms with Crippen molar-refractivity contribution in [2.24, 2.45) is 0 Å². The van der Waals surface area contributed by atoms with Gasteiger partial charge in [0.25, 0.3) is 5.91 Å². The number of amides is 1. The van der Waals surface area contributed by atoms with E-state index in [9.17, 15) is 15.2 Å². The van der Waals surface area contributed by atoms with Crippen LogP contribution in [0.2, 0.25) is 5.02 Å². The van der Waals surface area contributed by atoms with Crippen molar-refractivity contribution in [3.63, 3.8) is 0 Å². The Morgan fingerprint density at radius 3 is 2.73 bits per heavy atom. The van der Waals surface area contributed by atoms with Gasteiger partial charge in [0.2, 0.25) is 12.0 Å². The van der Waals surface area contributed by atoms with Gasteiger partial charge in [0.1, 0.15) is 35.4 Å². The van der Waals surface area contributed by atoms with E-state index in [4.69, 9.17) is 26.3 Å². The van der Waals surface area contributed by atoms with Crippen molar-refractivity contribution in [1.29, 1.82) is 10.5 Å². The molecule has 2 N–H and O–H groups in total. The number of carbonyl (C=O) groups is 1. The predicted octanol–water partition coefficient (Wildman–Crippen LogP) is 2.39. The highest BCUT2D eigenvalue weighted by Crippen LogP contribution is 2.29. The van der Waals surface area contributed by atoms with Crippen molar-refractivity contribution in [2.45, 2.75) is 19.1 Å². The minimum atomic E-state index is -1.21. The van der Waals surface area contributed by atoms with Gasteiger partial charge in [-0.15, -0.1) is 0 Å². The Morgan fingerprint density at radius 1 is 1.19 bits per heavy atom. The predicted molar refractivity (Wildman–Crippen MR) is 131 cm³/mol. The number of carbonyl (C=O) groups excluding carboxylic acids is 1. The van der Waals surface area contributed by atoms with Gasteiger partial charge in [0.05, 0.1) is 41.7 Å². The van der Waals surface area contributed by atoms with Crippen molar-refractivity contribution in [3.8, 4) is 23.7 Å². The summed E-state index contributed by atoms with van der Waals surface area (Å²) in [5, 5.41) is 35.3. The third-order valence-electron chi connectivity index (χ3n) is 5.13. The van der Waals surface area contributed by atoms with E-state index in [1.165, 1.54) is 35.5 Å². The normalized spacial score (nSPS) is 12.4. The Morgan fingerprint density at radius 2 is 2.03 bits per heavy atom. The zero-order chi connectivity index (χ0) is 26.4. The lowest BCUT2D eigenvalue weighted by Gasteiger charge is -2.20. The molecule has 37 heavy (non-hydrogen) atoms. The van der Waals surface area contributed by atoms with E-state index in [0.717, 1.165) is 0 Å². The zero-order valence-electron chi connectivity index (χ0n) is 19.4. The van der Waals surface area contributed by atoms with Crippen LogP contribution in [0.25, 0.3) is 16.7 Å². The van der Waals surface area contributed by atoms with Gasteiger partial charge >= 0.3 is 0 Å². The molecule has 0 saturated carbocycles. The molecule has 0 spiro atoms. The molecule has 0 aliphatic heterocycles. The second-order valence-electron chi connectivity index (χ2n) is 7.69. The molecular weight excluding hydrogens is 500 g/mol. The highest BCUT2D eigenvalue weighted by molar-refractivity contribution is 6.32. The molecule has 0 aliphatic rings. The summed E-state index contributed by atoms with van der Waals surface area (Å²) in [5.41, 5.74) is 1.27. The lowest BCUT2D eigenvalue weighted by atomic mass is 10.2. The molecule has 2 atom stereocenters. The van der Waals surface area contributed by atoms with Crippen LogP contribution in [0.3, 0.4) is 0 Å². The number of hydrogen-bond donors (Lipinski definition) is 2. The van der Waals surface area contributed by atoms with Crippen molar-refractivity contribution in [3.05, 3.63) is 65.2 Å². The Kier molecular flexibility index (Phi) is 7.86. The summed E-state index contributed by atoms with van der Waals surface area (Å²) in [4.78, 5) is 25.5. The lowest BCUT2D eigenvalue weighted by Crippen LogP contribution is -2.38. The molecule has 3 aromatic heterocycles. The Bertz CT molecular complexity index is 1510. The van der Waals surface area contributed by atoms with Crippen LogP contribution in [0.1, 0.15) is 18.1 Å². The molecule has 1 aromatic carbocycles. The largest absolute Gasteiger partial charge is 0.461 e. The SMILES string of the molecule is C[C@H](CO)OC[C@H](Oc1ncnc2c1cnn2-c1c(Cl)cccc1C#N)C(=O)Nc1ccc(C#N)cn1. The quantitative estimate of drug-likeness (QED) is 0.335. The number of ether oxygens (including phenoxy) is 2. The summed E-state index contributed by atoms with van der Waals surface area (Å²) < 4.78 is 12.9. The van der Waals surface area contributed by atoms with Gasteiger partial charge < -0.3 is 19.9 Å². The van der Waals surface area contributed by atoms with Crippen LogP contribution >= 0.6 is 11.6 Å². The fourth-order valence-electron chi connectivity index (χ4n) is 3.24. The molecular formula is C24H19ClN8O4. The molecule has 186 valence electrons. The number of nitrogens with one attached hydrogen (secondary N) is 1. The lowest BCUT2D eigenvalue weighted by molar-refractivity contribution is -0.127. The summed E-state index contributed by atoms with van der Waals surface area (Å²) in [5.74, 6) is -0.356. The van der Waals surface area contributed by atoms with Gasteiger partial charge in [-0.2, -0.15) is 15.6 Å². The standard InChI is InChI=1S/C24H19ClN8O4/c1-14(11-34)36-12-19(23(35)32-20-6-5-15(7-26)9-28-20)37-24-17-10-31-33(22(17)29-13-30-24)21-16(8-27)3-2-4-18(21)25/h2-6,9-10,13-14,19,34H,11-12H2,1H3,(H,28,32,35)/t14-,19+/m1/s1. The molecule has 0 radical (unpaired) electrons. The first-order valence-corrected chi connectivity index (χ1v) is 11.3. The van der Waals surface area contributed by atoms with Crippen molar-refractivity contribution in [2.75, 3.05) is 18.5 Å². The number of halogens is 1. The van der Waals surface area contributed by atoms with Crippen LogP contribution in [-0.2, 0) is 9.53 Å². The number of pyridine rings is 1. The fourth-order valence-corrected chi connectivity index (χ4v) is 3.50. The average molecular weight is 519 g/mol. The summed E-state index contributed by atoms with van der Waals surface area (Å²) in [6.45, 7) is 1.17. The second kappa shape index (κ2) is 11.4. The summed E-state index contributed by atoms with van der Waals surface area (Å²) >= 11 is 6.35. The first-order chi connectivity index (χ1) is 17.9. The molecule has 4 aromatic rings. The van der Waals surface area contributed by atoms with Gasteiger partial charge in [0.15, 0.2) is 5.65 Å². The second-order valence-corrected chi connectivity index (χ2v) is 8.09. The molecule has 1 amide bonds. The topological polar surface area (TPSA) is 172 Å². The first kappa shape index (κ1) is 25.5. The zero-order valence-corrected chi connectivity index (χ0v) is 20.1. The minimum absolute atomic E-state index is 0.0370. The number of hydrogen-bond acceptors (Lipinski definition) is 10. The molecule has 12 nitrogen and oxygen atoms in total. The van der Waals surface area contributed by atoms with Crippen LogP contribution in [0.5, 0.6) is 5.88 Å². The number of para-hydroxylation sites is 1. The number of aliphatic hydroxyl groups is 1. The number of nitrogens with zero attached hydrogens (tertiary/aromatic N) is 7. The number of nitriles is 2. The van der Waals surface area contributed by atoms with Crippen molar-refractivity contribution in [1.82, 2.24) is 24.7 Å². The number of fused-ring (bicyclic) bond motifs is 1. The minimum Gasteiger partial charge on any atom is -0.461 e. The first-order valence-electron chi connectivity index (χ1n) is 10.9. The smallest absolute Gasteiger partial charge is 0.269 e. The van der Waals surface area contributed by atoms with Crippen LogP contribution < -0.4 is 10.1 Å². The molecule has 0 bridgehead atoms. The number of aliphatic hydroxyl groups excluding tert-OH is 1. The van der Waals surface area contributed by atoms with Crippen LogP contribution in [0.4, 0.5) is 5.82 Å². The number of rotatable bonds is 9. The summed E-state index contributed by atoms with van der Waals surface area (Å²) in [7, 11) is 0. The molecule has 13 heteroatoms. The maximum Gasteiger partial charge on any atom is 0.269 e. The number of aromatic nitrogens is 5. The highest BCUT2D eigenvalue weighted by atomic mass is 35.5. The van der Waals surface area contributed by atoms with Crippen LogP contribution in [-0.4, -0.2) is 61.2 Å². The molecule has 3 heterocycles. The molecule has 0 aliphatic carbocycles. The van der Waals surface area contributed by atoms with E-state index in [1.54, 1.807) is 25.1 Å². The summed E-state index contributed by atoms with van der Waals surface area (Å²) in [6, 6.07) is 11.9. The number of benzene rings is 1. The van der Waals surface area contributed by atoms with Crippen LogP contribution in [0.15, 0.2) is 49.1 Å². The molecule has 0 fully saturated rings. The van der Waals surface area contributed by atoms with E-state index in [0.29, 0.717) is 27.3 Å². The molecule has 0 unspecified atom stereocenters. The van der Waals surface area contributed by atoms with Gasteiger partial charge in [-0.25, -0.2) is 19.6 Å². The average Bonchev–Trinajstić information content (AvgIpc) is 3.35. The number of anilines is 1. The Hall–Kier alpha value is -4.62. The van der Waals surface area contributed by atoms with Crippen LogP contribution in [0, 0.1) is 22.7 Å². The molecule has 4 rings (SSSR count). The van der Waals surface area contributed by atoms with Gasteiger partial charge in [-0.3, -0.25) is 4.79 Å². The fraction of sp³-hybridized carbons (Fsp3) is 0.208. The highest BCUT2D eigenvalue weighted by Gasteiger charge is 2.25. The maximum atomic E-state index is 13.1. The van der Waals surface area contributed by atoms with Gasteiger partial charge in [0, 0.05) is 6.20 Å². The third kappa shape index (κ3) is 5.63. The maximum absolute atomic E-state index is 13.1. The Balaban J connectivity index is 1.66.